The topological polar surface area (TPSA) is 441 Å². The molecule has 28 heteroatoms. The molecule has 6 atom stereocenters. The molecular formula is C46H60N12O16. The van der Waals surface area contributed by atoms with E-state index in [1.807, 2.05) is 0 Å². The van der Waals surface area contributed by atoms with E-state index in [2.05, 4.69) is 42.5 Å². The molecule has 1 aliphatic carbocycles. The van der Waals surface area contributed by atoms with Crippen LogP contribution in [0.4, 0.5) is 11.4 Å². The summed E-state index contributed by atoms with van der Waals surface area (Å²) in [6.07, 6.45) is 0.264. The van der Waals surface area contributed by atoms with Gasteiger partial charge in [0.25, 0.3) is 0 Å². The SMILES string of the molecule is C[C@H](NC(=O)CNC(=O)[C@@H](N)CC(=O)O)C(=O)N1CCC[C@H]1C(=O)NCCNc1ccc(NCCNC(=O)[C@@H]2CCCN2C(=O)[C@H](C)NC(=O)CNC(=O)[C@@H](N)CC(=O)O)c2c1C(=O)c1c(O)ccc(O)c1C2=O. The van der Waals surface area contributed by atoms with Gasteiger partial charge in [0.05, 0.1) is 60.3 Å². The Morgan fingerprint density at radius 1 is 0.568 bits per heavy atom. The number of hydrogen-bond acceptors (Lipinski definition) is 18. The number of aromatic hydroxyl groups is 2. The largest absolute Gasteiger partial charge is 0.507 e. The van der Waals surface area contributed by atoms with E-state index in [9.17, 15) is 67.7 Å². The summed E-state index contributed by atoms with van der Waals surface area (Å²) in [5.74, 6) is -10.8. The van der Waals surface area contributed by atoms with Gasteiger partial charge in [-0.2, -0.15) is 0 Å². The van der Waals surface area contributed by atoms with Gasteiger partial charge in [-0.1, -0.05) is 0 Å². The number of carboxylic acid groups (broad SMARTS) is 2. The Morgan fingerprint density at radius 3 is 1.28 bits per heavy atom. The van der Waals surface area contributed by atoms with Crippen LogP contribution < -0.4 is 54.0 Å². The molecule has 0 spiro atoms. The number of carbonyl (C=O) groups excluding carboxylic acids is 10. The van der Waals surface area contributed by atoms with Gasteiger partial charge < -0.3 is 84.2 Å². The van der Waals surface area contributed by atoms with Gasteiger partial charge in [0, 0.05) is 50.6 Å². The van der Waals surface area contributed by atoms with Crippen LogP contribution in [0, 0.1) is 0 Å². The lowest BCUT2D eigenvalue weighted by Crippen LogP contribution is -2.54. The second kappa shape index (κ2) is 25.3. The molecule has 2 fully saturated rings. The monoisotopic (exact) mass is 1040 g/mol. The first-order valence-corrected chi connectivity index (χ1v) is 23.6. The zero-order valence-corrected chi connectivity index (χ0v) is 40.4. The molecular weight excluding hydrogens is 977 g/mol. The molecule has 0 radical (unpaired) electrons. The van der Waals surface area contributed by atoms with Crippen LogP contribution in [-0.4, -0.2) is 190 Å². The van der Waals surface area contributed by atoms with Crippen molar-refractivity contribution < 1.29 is 78.0 Å². The number of carbonyl (C=O) groups is 12. The molecule has 2 aliphatic heterocycles. The van der Waals surface area contributed by atoms with E-state index in [1.54, 1.807) is 0 Å². The normalized spacial score (nSPS) is 17.3. The lowest BCUT2D eigenvalue weighted by atomic mass is 9.81. The fourth-order valence-corrected chi connectivity index (χ4v) is 8.63. The maximum atomic E-state index is 14.1. The number of phenols is 2. The highest BCUT2D eigenvalue weighted by atomic mass is 16.4. The summed E-state index contributed by atoms with van der Waals surface area (Å²) < 4.78 is 0. The fraction of sp³-hybridized carbons (Fsp3) is 0.478. The van der Waals surface area contributed by atoms with Gasteiger partial charge in [-0.15, -0.1) is 0 Å². The van der Waals surface area contributed by atoms with Crippen LogP contribution in [-0.2, 0) is 47.9 Å². The first-order chi connectivity index (χ1) is 35.0. The third kappa shape index (κ3) is 14.0. The van der Waals surface area contributed by atoms with E-state index in [0.717, 1.165) is 12.1 Å². The summed E-state index contributed by atoms with van der Waals surface area (Å²) in [7, 11) is 0. The lowest BCUT2D eigenvalue weighted by molar-refractivity contribution is -0.141. The number of nitrogens with zero attached hydrogens (tertiary/aromatic N) is 2. The van der Waals surface area contributed by atoms with Crippen molar-refractivity contribution in [2.24, 2.45) is 11.5 Å². The minimum absolute atomic E-state index is 0.0122. The number of carboxylic acids is 2. The summed E-state index contributed by atoms with van der Waals surface area (Å²) in [4.78, 5) is 155. The Hall–Kier alpha value is -8.40. The Balaban J connectivity index is 1.17. The number of phenolic OH excluding ortho intramolecular Hbond substituents is 2. The van der Waals surface area contributed by atoms with E-state index in [4.69, 9.17) is 21.7 Å². The highest BCUT2D eigenvalue weighted by Gasteiger charge is 2.40. The van der Waals surface area contributed by atoms with E-state index < -0.39 is 156 Å². The van der Waals surface area contributed by atoms with E-state index in [-0.39, 0.29) is 61.8 Å². The lowest BCUT2D eigenvalue weighted by Gasteiger charge is -2.27. The van der Waals surface area contributed by atoms with Crippen molar-refractivity contribution in [3.8, 4) is 11.5 Å². The highest BCUT2D eigenvalue weighted by Crippen LogP contribution is 2.42. The van der Waals surface area contributed by atoms with Crippen molar-refractivity contribution in [1.29, 1.82) is 0 Å². The van der Waals surface area contributed by atoms with Crippen molar-refractivity contribution in [2.45, 2.75) is 88.6 Å². The molecule has 0 unspecified atom stereocenters. The zero-order chi connectivity index (χ0) is 54.6. The molecule has 5 rings (SSSR count). The molecule has 2 aromatic rings. The Morgan fingerprint density at radius 2 is 0.932 bits per heavy atom. The van der Waals surface area contributed by atoms with Crippen molar-refractivity contribution in [1.82, 2.24) is 41.7 Å². The standard InChI is InChI=1S/C46H60N12O16/c1-21(55-31(61)19-53-41(69)23(47)17-33(63)64)45(73)57-15-3-5-27(57)43(71)51-13-11-49-25-7-8-26(36-35(25)39(67)37-29(59)9-10-30(60)38(37)40(36)68)50-12-14-52-44(72)28-6-4-16-58(28)46(74)22(2)56-32(62)20-54-42(70)24(48)18-34(65)66/h7-10,21-24,27-28,49-50,59-60H,3-6,11-20,47-48H2,1-2H3,(H,51,71)(H,52,72)(H,53,69)(H,54,70)(H,55,61)(H,56,62)(H,63,64)(H,65,66)/t21-,22-,23-,24-,27-,28-/m0/s1. The summed E-state index contributed by atoms with van der Waals surface area (Å²) in [5, 5.41) is 59.8. The predicted octanol–water partition coefficient (Wildman–Crippen LogP) is -4.24. The fourth-order valence-electron chi connectivity index (χ4n) is 8.63. The number of likely N-dealkylation sites (tertiary alicyclic amines) is 2. The molecule has 2 saturated heterocycles. The zero-order valence-electron chi connectivity index (χ0n) is 40.4. The van der Waals surface area contributed by atoms with Crippen molar-refractivity contribution in [3.63, 3.8) is 0 Å². The number of anilines is 2. The molecule has 3 aliphatic rings. The van der Waals surface area contributed by atoms with Gasteiger partial charge in [0.2, 0.25) is 58.8 Å². The van der Waals surface area contributed by atoms with Gasteiger partial charge >= 0.3 is 11.9 Å². The van der Waals surface area contributed by atoms with Crippen LogP contribution in [0.25, 0.3) is 0 Å². The second-order valence-corrected chi connectivity index (χ2v) is 17.7. The molecule has 2 heterocycles. The van der Waals surface area contributed by atoms with Crippen LogP contribution in [0.2, 0.25) is 0 Å². The third-order valence-electron chi connectivity index (χ3n) is 12.2. The Bertz CT molecular complexity index is 2420. The number of rotatable bonds is 24. The number of amides is 8. The van der Waals surface area contributed by atoms with Crippen LogP contribution in [0.1, 0.15) is 84.2 Å². The minimum Gasteiger partial charge on any atom is -0.507 e. The van der Waals surface area contributed by atoms with Gasteiger partial charge in [-0.3, -0.25) is 57.5 Å². The maximum absolute atomic E-state index is 14.1. The van der Waals surface area contributed by atoms with E-state index in [1.165, 1.54) is 35.8 Å². The van der Waals surface area contributed by atoms with Gasteiger partial charge in [-0.05, 0) is 63.8 Å². The molecule has 0 bridgehead atoms. The molecule has 28 nitrogen and oxygen atoms in total. The maximum Gasteiger partial charge on any atom is 0.305 e. The number of fused-ring (bicyclic) bond motifs is 2. The summed E-state index contributed by atoms with van der Waals surface area (Å²) in [6, 6.07) is -1.70. The number of nitrogens with one attached hydrogen (secondary N) is 8. The number of benzene rings is 2. The smallest absolute Gasteiger partial charge is 0.305 e. The van der Waals surface area contributed by atoms with E-state index in [0.29, 0.717) is 25.7 Å². The molecule has 0 saturated carbocycles. The summed E-state index contributed by atoms with van der Waals surface area (Å²) >= 11 is 0. The van der Waals surface area contributed by atoms with Gasteiger partial charge in [0.1, 0.15) is 35.7 Å². The Kier molecular flexibility index (Phi) is 19.3. The Labute approximate surface area is 422 Å². The molecule has 400 valence electrons. The van der Waals surface area contributed by atoms with Crippen molar-refractivity contribution in [2.75, 3.05) is 63.0 Å². The molecule has 2 aromatic carbocycles. The number of aliphatic carboxylic acids is 2. The minimum atomic E-state index is -1.39. The molecule has 8 amide bonds. The predicted molar refractivity (Wildman–Crippen MR) is 257 cm³/mol. The number of hydrogen-bond donors (Lipinski definition) is 14. The average molecular weight is 1040 g/mol. The molecule has 74 heavy (non-hydrogen) atoms. The second-order valence-electron chi connectivity index (χ2n) is 17.7. The van der Waals surface area contributed by atoms with E-state index >= 15 is 0 Å². The first kappa shape index (κ1) is 56.5. The molecule has 16 N–H and O–H groups in total. The summed E-state index contributed by atoms with van der Waals surface area (Å²) in [6.45, 7) is 1.94. The van der Waals surface area contributed by atoms with Crippen LogP contribution in [0.15, 0.2) is 24.3 Å². The van der Waals surface area contributed by atoms with Gasteiger partial charge in [0.15, 0.2) is 0 Å². The van der Waals surface area contributed by atoms with Crippen molar-refractivity contribution >= 4 is 82.1 Å². The van der Waals surface area contributed by atoms with Crippen LogP contribution in [0.3, 0.4) is 0 Å². The molecule has 0 aromatic heterocycles. The summed E-state index contributed by atoms with van der Waals surface area (Å²) in [5.41, 5.74) is 10.0. The first-order valence-electron chi connectivity index (χ1n) is 23.6. The highest BCUT2D eigenvalue weighted by molar-refractivity contribution is 6.33. The number of ketones is 2. The van der Waals surface area contributed by atoms with Gasteiger partial charge in [-0.25, -0.2) is 0 Å². The number of nitrogens with two attached hydrogens (primary N) is 2. The third-order valence-corrected chi connectivity index (χ3v) is 12.2. The van der Waals surface area contributed by atoms with Crippen LogP contribution >= 0.6 is 0 Å². The van der Waals surface area contributed by atoms with Crippen LogP contribution in [0.5, 0.6) is 11.5 Å². The average Bonchev–Trinajstić information content (AvgIpc) is 4.05. The van der Waals surface area contributed by atoms with Crippen molar-refractivity contribution in [3.05, 3.63) is 46.5 Å². The quantitative estimate of drug-likeness (QED) is 0.0298.